The van der Waals surface area contributed by atoms with Gasteiger partial charge in [0.25, 0.3) is 0 Å². The van der Waals surface area contributed by atoms with Crippen LogP contribution in [0.25, 0.3) is 22.4 Å². The molecule has 116 valence electrons. The van der Waals surface area contributed by atoms with E-state index in [9.17, 15) is 0 Å². The summed E-state index contributed by atoms with van der Waals surface area (Å²) in [4.78, 5) is 13.8. The molecule has 2 heterocycles. The number of para-hydroxylation sites is 1. The van der Waals surface area contributed by atoms with Gasteiger partial charge in [-0.3, -0.25) is 0 Å². The van der Waals surface area contributed by atoms with Crippen LogP contribution in [0.2, 0.25) is 5.02 Å². The maximum Gasteiger partial charge on any atom is 0.178 e. The first-order chi connectivity index (χ1) is 11.8. The van der Waals surface area contributed by atoms with E-state index in [0.29, 0.717) is 12.2 Å². The Morgan fingerprint density at radius 1 is 0.792 bits per heavy atom. The summed E-state index contributed by atoms with van der Waals surface area (Å²) in [6, 6.07) is 21.7. The predicted molar refractivity (Wildman–Crippen MR) is 97.0 cm³/mol. The van der Waals surface area contributed by atoms with E-state index in [1.807, 2.05) is 72.9 Å². The smallest absolute Gasteiger partial charge is 0.178 e. The molecule has 0 saturated heterocycles. The van der Waals surface area contributed by atoms with Crippen molar-refractivity contribution >= 4 is 22.5 Å². The summed E-state index contributed by atoms with van der Waals surface area (Å²) in [5, 5.41) is 1.78. The average Bonchev–Trinajstić information content (AvgIpc) is 2.63. The van der Waals surface area contributed by atoms with Gasteiger partial charge in [-0.2, -0.15) is 0 Å². The van der Waals surface area contributed by atoms with E-state index in [4.69, 9.17) is 16.6 Å². The Bertz CT molecular complexity index is 1010. The molecule has 0 aliphatic carbocycles. The van der Waals surface area contributed by atoms with Crippen molar-refractivity contribution in [2.24, 2.45) is 0 Å². The fraction of sp³-hybridized carbons (Fsp3) is 0.0500. The molecule has 0 aliphatic rings. The molecule has 4 aromatic rings. The molecule has 0 atom stereocenters. The van der Waals surface area contributed by atoms with Crippen molar-refractivity contribution in [1.29, 1.82) is 0 Å². The maximum atomic E-state index is 6.24. The van der Waals surface area contributed by atoms with E-state index < -0.39 is 0 Å². The zero-order valence-corrected chi connectivity index (χ0v) is 13.6. The number of halogens is 1. The first-order valence-electron chi connectivity index (χ1n) is 7.71. The lowest BCUT2D eigenvalue weighted by Gasteiger charge is -2.06. The minimum absolute atomic E-state index is 0.634. The predicted octanol–water partition coefficient (Wildman–Crippen LogP) is 4.94. The average molecular weight is 332 g/mol. The summed E-state index contributed by atoms with van der Waals surface area (Å²) < 4.78 is 0. The number of fused-ring (bicyclic) bond motifs is 1. The molecule has 0 aliphatic heterocycles. The lowest BCUT2D eigenvalue weighted by Crippen LogP contribution is -1.97. The van der Waals surface area contributed by atoms with E-state index >= 15 is 0 Å². The van der Waals surface area contributed by atoms with Gasteiger partial charge >= 0.3 is 0 Å². The molecule has 0 radical (unpaired) electrons. The molecule has 0 spiro atoms. The Balaban J connectivity index is 1.70. The van der Waals surface area contributed by atoms with E-state index in [0.717, 1.165) is 32.9 Å². The van der Waals surface area contributed by atoms with Crippen LogP contribution in [0.1, 0.15) is 11.3 Å². The highest BCUT2D eigenvalue weighted by Crippen LogP contribution is 2.20. The number of aromatic nitrogens is 3. The van der Waals surface area contributed by atoms with Gasteiger partial charge in [0.05, 0.1) is 5.52 Å². The molecule has 3 nitrogen and oxygen atoms in total. The van der Waals surface area contributed by atoms with Crippen LogP contribution in [0, 0.1) is 0 Å². The molecule has 2 aromatic heterocycles. The quantitative estimate of drug-likeness (QED) is 0.534. The zero-order valence-electron chi connectivity index (χ0n) is 12.9. The lowest BCUT2D eigenvalue weighted by molar-refractivity contribution is 1.06. The van der Waals surface area contributed by atoms with Crippen LogP contribution in [0.4, 0.5) is 0 Å². The molecule has 24 heavy (non-hydrogen) atoms. The maximum absolute atomic E-state index is 6.24. The van der Waals surface area contributed by atoms with Crippen molar-refractivity contribution in [1.82, 2.24) is 15.0 Å². The third kappa shape index (κ3) is 2.99. The van der Waals surface area contributed by atoms with E-state index in [-0.39, 0.29) is 0 Å². The normalized spacial score (nSPS) is 10.9. The first-order valence-corrected chi connectivity index (χ1v) is 8.09. The summed E-state index contributed by atoms with van der Waals surface area (Å²) in [5.74, 6) is 0.634. The summed E-state index contributed by atoms with van der Waals surface area (Å²) >= 11 is 6.24. The Morgan fingerprint density at radius 2 is 1.62 bits per heavy atom. The second kappa shape index (κ2) is 6.38. The number of benzene rings is 2. The highest BCUT2D eigenvalue weighted by Gasteiger charge is 2.07. The van der Waals surface area contributed by atoms with E-state index in [2.05, 4.69) is 9.97 Å². The highest BCUT2D eigenvalue weighted by molar-refractivity contribution is 6.31. The van der Waals surface area contributed by atoms with Crippen molar-refractivity contribution in [3.63, 3.8) is 0 Å². The molecule has 4 rings (SSSR count). The van der Waals surface area contributed by atoms with Crippen molar-refractivity contribution in [3.05, 3.63) is 89.2 Å². The minimum atomic E-state index is 0.634. The van der Waals surface area contributed by atoms with Crippen LogP contribution >= 0.6 is 11.6 Å². The molecule has 0 saturated carbocycles. The van der Waals surface area contributed by atoms with Gasteiger partial charge < -0.3 is 0 Å². The van der Waals surface area contributed by atoms with E-state index in [1.54, 1.807) is 0 Å². The largest absolute Gasteiger partial charge is 0.249 e. The van der Waals surface area contributed by atoms with Gasteiger partial charge in [-0.25, -0.2) is 15.0 Å². The second-order valence-corrected chi connectivity index (χ2v) is 5.94. The molecule has 0 fully saturated rings. The summed E-state index contributed by atoms with van der Waals surface area (Å²) in [7, 11) is 0. The van der Waals surface area contributed by atoms with Crippen LogP contribution in [0.3, 0.4) is 0 Å². The minimum Gasteiger partial charge on any atom is -0.249 e. The topological polar surface area (TPSA) is 38.7 Å². The molecule has 0 N–H and O–H groups in total. The van der Waals surface area contributed by atoms with E-state index in [1.165, 1.54) is 0 Å². The molecular formula is C20H14ClN3. The Labute approximate surface area is 145 Å². The van der Waals surface area contributed by atoms with Crippen molar-refractivity contribution < 1.29 is 0 Å². The number of hydrogen-bond acceptors (Lipinski definition) is 3. The zero-order chi connectivity index (χ0) is 16.4. The molecule has 0 bridgehead atoms. The van der Waals surface area contributed by atoms with Gasteiger partial charge in [-0.05, 0) is 29.8 Å². The molecule has 4 heteroatoms. The van der Waals surface area contributed by atoms with Gasteiger partial charge in [0.1, 0.15) is 5.69 Å². The Kier molecular flexibility index (Phi) is 3.93. The Morgan fingerprint density at radius 3 is 2.54 bits per heavy atom. The second-order valence-electron chi connectivity index (χ2n) is 5.53. The van der Waals surface area contributed by atoms with Crippen LogP contribution in [-0.2, 0) is 6.42 Å². The summed E-state index contributed by atoms with van der Waals surface area (Å²) in [6.45, 7) is 0. The van der Waals surface area contributed by atoms with Crippen molar-refractivity contribution in [2.45, 2.75) is 6.42 Å². The van der Waals surface area contributed by atoms with Gasteiger partial charge in [-0.1, -0.05) is 54.1 Å². The third-order valence-corrected chi connectivity index (χ3v) is 4.22. The van der Waals surface area contributed by atoms with Crippen LogP contribution in [-0.4, -0.2) is 15.0 Å². The van der Waals surface area contributed by atoms with Gasteiger partial charge in [0.2, 0.25) is 0 Å². The molecule has 0 unspecified atom stereocenters. The SMILES string of the molecule is Clc1ccccc1Cc1cccc(-c2ncc3ccccc3n2)n1. The summed E-state index contributed by atoms with van der Waals surface area (Å²) in [6.07, 6.45) is 2.52. The fourth-order valence-corrected chi connectivity index (χ4v) is 2.84. The first kappa shape index (κ1) is 14.8. The number of hydrogen-bond donors (Lipinski definition) is 0. The van der Waals surface area contributed by atoms with Gasteiger partial charge in [0, 0.05) is 28.7 Å². The molecular weight excluding hydrogens is 318 g/mol. The number of pyridine rings is 1. The standard InChI is InChI=1S/C20H14ClN3/c21-17-9-3-1-6-14(17)12-16-8-5-11-19(23-16)20-22-13-15-7-2-4-10-18(15)24-20/h1-11,13H,12H2. The van der Waals surface area contributed by atoms with Crippen molar-refractivity contribution in [2.75, 3.05) is 0 Å². The van der Waals surface area contributed by atoms with Gasteiger partial charge in [0.15, 0.2) is 5.82 Å². The molecule has 2 aromatic carbocycles. The molecule has 0 amide bonds. The van der Waals surface area contributed by atoms with Crippen LogP contribution in [0.15, 0.2) is 72.9 Å². The van der Waals surface area contributed by atoms with Crippen molar-refractivity contribution in [3.8, 4) is 11.5 Å². The third-order valence-electron chi connectivity index (χ3n) is 3.85. The number of nitrogens with zero attached hydrogens (tertiary/aromatic N) is 3. The van der Waals surface area contributed by atoms with Crippen LogP contribution in [0.5, 0.6) is 0 Å². The number of rotatable bonds is 3. The monoisotopic (exact) mass is 331 g/mol. The lowest BCUT2D eigenvalue weighted by atomic mass is 10.1. The fourth-order valence-electron chi connectivity index (χ4n) is 2.64. The highest BCUT2D eigenvalue weighted by atomic mass is 35.5. The van der Waals surface area contributed by atoms with Crippen LogP contribution < -0.4 is 0 Å². The summed E-state index contributed by atoms with van der Waals surface area (Å²) in [5.41, 5.74) is 3.69. The van der Waals surface area contributed by atoms with Gasteiger partial charge in [-0.15, -0.1) is 0 Å². The Hall–Kier alpha value is -2.78.